The van der Waals surface area contributed by atoms with Gasteiger partial charge in [-0.15, -0.1) is 0 Å². The third-order valence-corrected chi connectivity index (χ3v) is 13.4. The normalized spacial score (nSPS) is 13.6. The highest BCUT2D eigenvalue weighted by Gasteiger charge is 2.44. The first kappa shape index (κ1) is 36.8. The van der Waals surface area contributed by atoms with Crippen molar-refractivity contribution in [1.82, 2.24) is 0 Å². The molecule has 2 aliphatic rings. The van der Waals surface area contributed by atoms with Crippen molar-refractivity contribution in [3.05, 3.63) is 174 Å². The molecule has 0 saturated carbocycles. The predicted octanol–water partition coefficient (Wildman–Crippen LogP) is 14.1. The van der Waals surface area contributed by atoms with Gasteiger partial charge >= 0.3 is 0 Å². The Morgan fingerprint density at radius 3 is 1.60 bits per heavy atom. The van der Waals surface area contributed by atoms with Crippen LogP contribution in [-0.4, -0.2) is 6.71 Å². The van der Waals surface area contributed by atoms with Gasteiger partial charge in [-0.3, -0.25) is 0 Å². The van der Waals surface area contributed by atoms with Crippen molar-refractivity contribution in [3.8, 4) is 11.1 Å². The molecule has 10 aromatic rings. The summed E-state index contributed by atoms with van der Waals surface area (Å²) < 4.78 is 13.0. The summed E-state index contributed by atoms with van der Waals surface area (Å²) in [6.07, 6.45) is 0. The SMILES string of the molecule is Cc1cc2c3c(c1)N(c1ccc4c(c1)oc1ccccc14)c1ccc(C(C)(C)C)cc1B3c1cc(C(C)(C)C)ccc1N2c1ccc(-c2cccc3c2oc2ccccc23)cc1. The van der Waals surface area contributed by atoms with Gasteiger partial charge in [-0.25, -0.2) is 0 Å². The van der Waals surface area contributed by atoms with E-state index in [1.165, 1.54) is 55.8 Å². The van der Waals surface area contributed by atoms with Crippen LogP contribution < -0.4 is 26.2 Å². The highest BCUT2D eigenvalue weighted by Crippen LogP contribution is 2.47. The van der Waals surface area contributed by atoms with Crippen LogP contribution >= 0.6 is 0 Å². The second-order valence-corrected chi connectivity index (χ2v) is 19.5. The first-order valence-corrected chi connectivity index (χ1v) is 21.9. The Hall–Kier alpha value is -6.98. The third-order valence-electron chi connectivity index (χ3n) is 13.4. The van der Waals surface area contributed by atoms with E-state index in [1.54, 1.807) is 0 Å². The van der Waals surface area contributed by atoms with Crippen LogP contribution in [-0.2, 0) is 10.8 Å². The van der Waals surface area contributed by atoms with Gasteiger partial charge in [-0.1, -0.05) is 133 Å². The van der Waals surface area contributed by atoms with Crippen molar-refractivity contribution >= 4 is 101 Å². The average Bonchev–Trinajstić information content (AvgIpc) is 3.83. The molecule has 62 heavy (non-hydrogen) atoms. The molecule has 0 spiro atoms. The summed E-state index contributed by atoms with van der Waals surface area (Å²) in [6, 6.07) is 58.2. The number of aryl methyl sites for hydroxylation is 1. The first-order valence-electron chi connectivity index (χ1n) is 21.9. The van der Waals surface area contributed by atoms with Gasteiger partial charge in [-0.05, 0) is 117 Å². The maximum Gasteiger partial charge on any atom is 0.252 e. The predicted molar refractivity (Wildman–Crippen MR) is 263 cm³/mol. The van der Waals surface area contributed by atoms with E-state index in [9.17, 15) is 0 Å². The fourth-order valence-corrected chi connectivity index (χ4v) is 10.2. The minimum atomic E-state index is -0.0334. The molecule has 0 radical (unpaired) electrons. The van der Waals surface area contributed by atoms with Crippen LogP contribution in [0.1, 0.15) is 58.2 Å². The second kappa shape index (κ2) is 13.0. The number of nitrogens with zero attached hydrogens (tertiary/aromatic N) is 2. The van der Waals surface area contributed by atoms with Gasteiger partial charge in [0.05, 0.1) is 0 Å². The van der Waals surface area contributed by atoms with Gasteiger partial charge < -0.3 is 18.6 Å². The summed E-state index contributed by atoms with van der Waals surface area (Å²) in [5.74, 6) is 0. The largest absolute Gasteiger partial charge is 0.456 e. The standard InChI is InChI=1S/C57H47BN2O2/c1-34-29-49-54-50(30-34)60(39-25-26-43-41-13-8-10-17-51(41)61-53(43)33-39)48-28-22-37(57(5,6)7)32-46(48)58(54)45-31-36(56(2,3)4)21-27-47(45)59(49)38-23-19-35(20-24-38)40-15-12-16-44-42-14-9-11-18-52(42)62-55(40)44/h8-33H,1-7H3. The molecular formula is C57H47BN2O2. The molecule has 2 aliphatic heterocycles. The van der Waals surface area contributed by atoms with Crippen LogP contribution in [0.5, 0.6) is 0 Å². The van der Waals surface area contributed by atoms with Gasteiger partial charge in [0.15, 0.2) is 0 Å². The molecule has 2 aromatic heterocycles. The topological polar surface area (TPSA) is 32.8 Å². The lowest BCUT2D eigenvalue weighted by Gasteiger charge is -2.45. The Labute approximate surface area is 363 Å². The Morgan fingerprint density at radius 1 is 0.435 bits per heavy atom. The van der Waals surface area contributed by atoms with E-state index in [4.69, 9.17) is 8.83 Å². The number of hydrogen-bond acceptors (Lipinski definition) is 4. The summed E-state index contributed by atoms with van der Waals surface area (Å²) in [4.78, 5) is 5.00. The molecule has 12 rings (SSSR count). The quantitative estimate of drug-likeness (QED) is 0.167. The fourth-order valence-electron chi connectivity index (χ4n) is 10.2. The molecule has 0 aliphatic carbocycles. The van der Waals surface area contributed by atoms with Crippen LogP contribution in [0.3, 0.4) is 0 Å². The Balaban J connectivity index is 1.10. The number of rotatable bonds is 3. The van der Waals surface area contributed by atoms with Crippen molar-refractivity contribution in [2.45, 2.75) is 59.3 Å². The first-order chi connectivity index (χ1) is 29.9. The van der Waals surface area contributed by atoms with Crippen molar-refractivity contribution in [2.75, 3.05) is 9.80 Å². The van der Waals surface area contributed by atoms with E-state index >= 15 is 0 Å². The van der Waals surface area contributed by atoms with Crippen molar-refractivity contribution in [1.29, 1.82) is 0 Å². The molecule has 0 atom stereocenters. The van der Waals surface area contributed by atoms with E-state index in [-0.39, 0.29) is 17.5 Å². The van der Waals surface area contributed by atoms with Crippen LogP contribution in [0.15, 0.2) is 167 Å². The lowest BCUT2D eigenvalue weighted by atomic mass is 9.33. The van der Waals surface area contributed by atoms with Gasteiger partial charge in [-0.2, -0.15) is 0 Å². The number of anilines is 6. The van der Waals surface area contributed by atoms with Crippen LogP contribution in [0.4, 0.5) is 34.1 Å². The summed E-state index contributed by atoms with van der Waals surface area (Å²) >= 11 is 0. The molecule has 0 unspecified atom stereocenters. The Morgan fingerprint density at radius 2 is 0.968 bits per heavy atom. The molecule has 4 heterocycles. The lowest BCUT2D eigenvalue weighted by molar-refractivity contribution is 0.590. The molecule has 8 aromatic carbocycles. The minimum Gasteiger partial charge on any atom is -0.456 e. The number of hydrogen-bond donors (Lipinski definition) is 0. The van der Waals surface area contributed by atoms with E-state index in [2.05, 4.69) is 204 Å². The lowest BCUT2D eigenvalue weighted by Crippen LogP contribution is -2.61. The van der Waals surface area contributed by atoms with Crippen molar-refractivity contribution in [2.24, 2.45) is 0 Å². The highest BCUT2D eigenvalue weighted by molar-refractivity contribution is 7.00. The molecule has 0 fully saturated rings. The molecule has 0 N–H and O–H groups in total. The number of furan rings is 2. The number of fused-ring (bicyclic) bond motifs is 10. The zero-order valence-electron chi connectivity index (χ0n) is 36.3. The molecule has 0 saturated heterocycles. The monoisotopic (exact) mass is 802 g/mol. The summed E-state index contributed by atoms with van der Waals surface area (Å²) in [7, 11) is 0. The van der Waals surface area contributed by atoms with E-state index < -0.39 is 0 Å². The van der Waals surface area contributed by atoms with Gasteiger partial charge in [0, 0.05) is 67.3 Å². The Kier molecular flexibility index (Phi) is 7.73. The van der Waals surface area contributed by atoms with Crippen molar-refractivity contribution < 1.29 is 8.83 Å². The van der Waals surface area contributed by atoms with Gasteiger partial charge in [0.25, 0.3) is 6.71 Å². The minimum absolute atomic E-state index is 0.0163. The highest BCUT2D eigenvalue weighted by atomic mass is 16.3. The van der Waals surface area contributed by atoms with Gasteiger partial charge in [0.1, 0.15) is 22.3 Å². The maximum absolute atomic E-state index is 6.53. The molecule has 0 bridgehead atoms. The zero-order valence-corrected chi connectivity index (χ0v) is 36.3. The summed E-state index contributed by atoms with van der Waals surface area (Å²) in [5, 5.41) is 4.54. The maximum atomic E-state index is 6.53. The van der Waals surface area contributed by atoms with Crippen LogP contribution in [0.2, 0.25) is 0 Å². The van der Waals surface area contributed by atoms with Crippen LogP contribution in [0, 0.1) is 6.92 Å². The van der Waals surface area contributed by atoms with Crippen molar-refractivity contribution in [3.63, 3.8) is 0 Å². The smallest absolute Gasteiger partial charge is 0.252 e. The zero-order chi connectivity index (χ0) is 42.2. The summed E-state index contributed by atoms with van der Waals surface area (Å²) in [6.45, 7) is 16.2. The molecule has 0 amide bonds. The molecule has 300 valence electrons. The van der Waals surface area contributed by atoms with E-state index in [1.807, 2.05) is 12.1 Å². The van der Waals surface area contributed by atoms with Crippen LogP contribution in [0.25, 0.3) is 55.0 Å². The summed E-state index contributed by atoms with van der Waals surface area (Å²) in [5.41, 5.74) is 20.6. The number of para-hydroxylation sites is 3. The third kappa shape index (κ3) is 5.47. The number of benzene rings is 8. The molecule has 4 nitrogen and oxygen atoms in total. The van der Waals surface area contributed by atoms with E-state index in [0.717, 1.165) is 66.4 Å². The Bertz CT molecular complexity index is 3470. The molecular weight excluding hydrogens is 755 g/mol. The van der Waals surface area contributed by atoms with E-state index in [0.29, 0.717) is 0 Å². The second-order valence-electron chi connectivity index (χ2n) is 19.5. The fraction of sp³-hybridized carbons (Fsp3) is 0.158. The van der Waals surface area contributed by atoms with Gasteiger partial charge in [0.2, 0.25) is 0 Å². The molecule has 5 heteroatoms. The average molecular weight is 803 g/mol.